The zero-order valence-electron chi connectivity index (χ0n) is 10.8. The summed E-state index contributed by atoms with van der Waals surface area (Å²) in [5.74, 6) is 0.190. The summed E-state index contributed by atoms with van der Waals surface area (Å²) in [6.07, 6.45) is 1.63. The van der Waals surface area contributed by atoms with E-state index in [1.54, 1.807) is 18.4 Å². The van der Waals surface area contributed by atoms with Gasteiger partial charge in [-0.05, 0) is 17.7 Å². The Kier molecular flexibility index (Phi) is 5.34. The molecule has 0 unspecified atom stereocenters. The van der Waals surface area contributed by atoms with E-state index in [0.29, 0.717) is 15.0 Å². The maximum atomic E-state index is 12.2. The Bertz CT molecular complexity index is 613. The van der Waals surface area contributed by atoms with Gasteiger partial charge in [-0.1, -0.05) is 41.9 Å². The Morgan fingerprint density at radius 2 is 2.00 bits per heavy atom. The minimum atomic E-state index is -1.00. The molecular formula is C14H14ClNO2S2. The molecular weight excluding hydrogens is 314 g/mol. The predicted molar refractivity (Wildman–Crippen MR) is 84.9 cm³/mol. The molecule has 0 radical (unpaired) electrons. The molecule has 2 atom stereocenters. The molecule has 2 rings (SSSR count). The van der Waals surface area contributed by atoms with Crippen molar-refractivity contribution in [3.63, 3.8) is 0 Å². The predicted octanol–water partition coefficient (Wildman–Crippen LogP) is 3.25. The lowest BCUT2D eigenvalue weighted by molar-refractivity contribution is 0.0944. The van der Waals surface area contributed by atoms with E-state index in [-0.39, 0.29) is 11.9 Å². The quantitative estimate of drug-likeness (QED) is 0.916. The number of rotatable bonds is 5. The van der Waals surface area contributed by atoms with Crippen molar-refractivity contribution in [1.29, 1.82) is 0 Å². The summed E-state index contributed by atoms with van der Waals surface area (Å²) in [5.41, 5.74) is 0.943. The Hall–Kier alpha value is -1.17. The van der Waals surface area contributed by atoms with Gasteiger partial charge >= 0.3 is 0 Å². The number of hydrogen-bond acceptors (Lipinski definition) is 3. The number of carbonyl (C=O) groups is 1. The second kappa shape index (κ2) is 7.02. The Morgan fingerprint density at radius 1 is 1.30 bits per heavy atom. The van der Waals surface area contributed by atoms with Crippen molar-refractivity contribution in [3.05, 3.63) is 57.2 Å². The Balaban J connectivity index is 2.16. The molecule has 1 heterocycles. The fraction of sp³-hybridized carbons (Fsp3) is 0.214. The van der Waals surface area contributed by atoms with E-state index >= 15 is 0 Å². The SMILES string of the molecule is C[S@@](=O)C[C@H](NC(=O)c1ccc(Cl)s1)c1ccccc1. The molecule has 0 aliphatic heterocycles. The molecule has 0 saturated carbocycles. The molecule has 0 saturated heterocycles. The number of thiophene rings is 1. The highest BCUT2D eigenvalue weighted by atomic mass is 35.5. The fourth-order valence-corrected chi connectivity index (χ4v) is 3.50. The first-order valence-electron chi connectivity index (χ1n) is 5.97. The normalized spacial score (nSPS) is 13.7. The van der Waals surface area contributed by atoms with Crippen LogP contribution in [-0.4, -0.2) is 22.1 Å². The van der Waals surface area contributed by atoms with Crippen molar-refractivity contribution in [2.75, 3.05) is 12.0 Å². The summed E-state index contributed by atoms with van der Waals surface area (Å²) in [4.78, 5) is 12.7. The largest absolute Gasteiger partial charge is 0.344 e. The van der Waals surface area contributed by atoms with E-state index in [9.17, 15) is 9.00 Å². The highest BCUT2D eigenvalue weighted by Gasteiger charge is 2.18. The number of hydrogen-bond donors (Lipinski definition) is 1. The van der Waals surface area contributed by atoms with Gasteiger partial charge in [-0.2, -0.15) is 0 Å². The van der Waals surface area contributed by atoms with Crippen molar-refractivity contribution in [1.82, 2.24) is 5.32 Å². The van der Waals surface area contributed by atoms with Crippen molar-refractivity contribution in [2.45, 2.75) is 6.04 Å². The van der Waals surface area contributed by atoms with Gasteiger partial charge in [-0.15, -0.1) is 11.3 Å². The van der Waals surface area contributed by atoms with Crippen molar-refractivity contribution >= 4 is 39.6 Å². The van der Waals surface area contributed by atoms with E-state index < -0.39 is 10.8 Å². The third kappa shape index (κ3) is 4.16. The molecule has 0 fully saturated rings. The lowest BCUT2D eigenvalue weighted by Gasteiger charge is -2.17. The molecule has 1 aromatic carbocycles. The highest BCUT2D eigenvalue weighted by molar-refractivity contribution is 7.84. The Morgan fingerprint density at radius 3 is 2.55 bits per heavy atom. The summed E-state index contributed by atoms with van der Waals surface area (Å²) < 4.78 is 12.1. The lowest BCUT2D eigenvalue weighted by atomic mass is 10.1. The number of amides is 1. The standard InChI is InChI=1S/C14H14ClNO2S2/c1-20(18)9-11(10-5-3-2-4-6-10)16-14(17)12-7-8-13(15)19-12/h2-8,11H,9H2,1H3,(H,16,17)/t11-,20+/m0/s1. The van der Waals surface area contributed by atoms with E-state index in [0.717, 1.165) is 5.56 Å². The fourth-order valence-electron chi connectivity index (χ4n) is 1.81. The topological polar surface area (TPSA) is 46.2 Å². The van der Waals surface area contributed by atoms with E-state index in [1.807, 2.05) is 30.3 Å². The molecule has 0 bridgehead atoms. The van der Waals surface area contributed by atoms with Crippen molar-refractivity contribution < 1.29 is 9.00 Å². The average molecular weight is 328 g/mol. The first-order chi connectivity index (χ1) is 9.56. The summed E-state index contributed by atoms with van der Waals surface area (Å²) in [6.45, 7) is 0. The minimum absolute atomic E-state index is 0.193. The van der Waals surface area contributed by atoms with Gasteiger partial charge in [0.25, 0.3) is 5.91 Å². The number of halogens is 1. The third-order valence-corrected chi connectivity index (χ3v) is 4.74. The van der Waals surface area contributed by atoms with Gasteiger partial charge in [-0.3, -0.25) is 9.00 Å². The zero-order valence-corrected chi connectivity index (χ0v) is 13.2. The molecule has 6 heteroatoms. The van der Waals surface area contributed by atoms with Crippen LogP contribution in [0.5, 0.6) is 0 Å². The van der Waals surface area contributed by atoms with Gasteiger partial charge in [-0.25, -0.2) is 0 Å². The third-order valence-electron chi connectivity index (χ3n) is 2.71. The van der Waals surface area contributed by atoms with E-state index in [2.05, 4.69) is 5.32 Å². The first-order valence-corrected chi connectivity index (χ1v) is 8.89. The van der Waals surface area contributed by atoms with Crippen molar-refractivity contribution in [2.24, 2.45) is 0 Å². The van der Waals surface area contributed by atoms with Gasteiger partial charge < -0.3 is 5.32 Å². The van der Waals surface area contributed by atoms with Gasteiger partial charge in [0.1, 0.15) is 0 Å². The van der Waals surface area contributed by atoms with Crippen LogP contribution < -0.4 is 5.32 Å². The zero-order chi connectivity index (χ0) is 14.5. The second-order valence-electron chi connectivity index (χ2n) is 4.28. The maximum Gasteiger partial charge on any atom is 0.261 e. The second-order valence-corrected chi connectivity index (χ2v) is 7.48. The maximum absolute atomic E-state index is 12.2. The van der Waals surface area contributed by atoms with Crippen LogP contribution in [0.2, 0.25) is 4.34 Å². The van der Waals surface area contributed by atoms with Crippen LogP contribution in [-0.2, 0) is 10.8 Å². The molecule has 106 valence electrons. The summed E-state index contributed by atoms with van der Waals surface area (Å²) in [5, 5.41) is 2.91. The molecule has 20 heavy (non-hydrogen) atoms. The molecule has 2 aromatic rings. The van der Waals surface area contributed by atoms with Gasteiger partial charge in [0, 0.05) is 22.8 Å². The highest BCUT2D eigenvalue weighted by Crippen LogP contribution is 2.22. The molecule has 3 nitrogen and oxygen atoms in total. The smallest absolute Gasteiger partial charge is 0.261 e. The lowest BCUT2D eigenvalue weighted by Crippen LogP contribution is -2.31. The molecule has 1 N–H and O–H groups in total. The summed E-state index contributed by atoms with van der Waals surface area (Å²) >= 11 is 7.06. The van der Waals surface area contributed by atoms with Crippen LogP contribution >= 0.6 is 22.9 Å². The van der Waals surface area contributed by atoms with Crippen molar-refractivity contribution in [3.8, 4) is 0 Å². The van der Waals surface area contributed by atoms with Gasteiger partial charge in [0.05, 0.1) is 15.3 Å². The van der Waals surface area contributed by atoms with Gasteiger partial charge in [0.15, 0.2) is 0 Å². The van der Waals surface area contributed by atoms with E-state index in [4.69, 9.17) is 11.6 Å². The average Bonchev–Trinajstić information content (AvgIpc) is 2.85. The minimum Gasteiger partial charge on any atom is -0.344 e. The molecule has 1 aromatic heterocycles. The van der Waals surface area contributed by atoms with Crippen LogP contribution in [0.4, 0.5) is 0 Å². The number of nitrogens with one attached hydrogen (secondary N) is 1. The van der Waals surface area contributed by atoms with Crippen LogP contribution in [0.3, 0.4) is 0 Å². The molecule has 0 aliphatic carbocycles. The molecule has 0 aliphatic rings. The van der Waals surface area contributed by atoms with Crippen LogP contribution in [0, 0.1) is 0 Å². The summed E-state index contributed by atoms with van der Waals surface area (Å²) in [6, 6.07) is 12.6. The molecule has 1 amide bonds. The first kappa shape index (κ1) is 15.2. The van der Waals surface area contributed by atoms with Crippen LogP contribution in [0.15, 0.2) is 42.5 Å². The van der Waals surface area contributed by atoms with Crippen LogP contribution in [0.1, 0.15) is 21.3 Å². The molecule has 0 spiro atoms. The van der Waals surface area contributed by atoms with Crippen LogP contribution in [0.25, 0.3) is 0 Å². The number of carbonyl (C=O) groups excluding carboxylic acids is 1. The Labute approximate surface area is 129 Å². The number of benzene rings is 1. The monoisotopic (exact) mass is 327 g/mol. The summed E-state index contributed by atoms with van der Waals surface area (Å²) in [7, 11) is -1.00. The van der Waals surface area contributed by atoms with E-state index in [1.165, 1.54) is 11.3 Å². The van der Waals surface area contributed by atoms with Gasteiger partial charge in [0.2, 0.25) is 0 Å².